The topological polar surface area (TPSA) is 122 Å². The van der Waals surface area contributed by atoms with E-state index in [-0.39, 0.29) is 12.8 Å². The van der Waals surface area contributed by atoms with E-state index in [2.05, 4.69) is 12.2 Å². The summed E-state index contributed by atoms with van der Waals surface area (Å²) >= 11 is 0. The fourth-order valence-electron chi connectivity index (χ4n) is 3.76. The molecule has 0 aromatic heterocycles. The third kappa shape index (κ3) is 13.1. The number of methoxy groups -OCH3 is 1. The SMILES string of the molecule is CCCCCCCCCCCCC(OC(=O)N[C@@H](CCC(=O)O)C(=O)O)c1ccc(OC)cc1. The molecule has 0 aliphatic carbocycles. The van der Waals surface area contributed by atoms with E-state index in [0.29, 0.717) is 12.2 Å². The number of unbranched alkanes of at least 4 members (excludes halogenated alkanes) is 9. The third-order valence-corrected chi connectivity index (χ3v) is 5.79. The lowest BCUT2D eigenvalue weighted by Gasteiger charge is -2.21. The molecule has 1 aromatic rings. The summed E-state index contributed by atoms with van der Waals surface area (Å²) < 4.78 is 10.8. The smallest absolute Gasteiger partial charge is 0.408 e. The Morgan fingerprint density at radius 3 is 1.91 bits per heavy atom. The minimum absolute atomic E-state index is 0.217. The minimum Gasteiger partial charge on any atom is -0.497 e. The summed E-state index contributed by atoms with van der Waals surface area (Å²) in [5, 5.41) is 20.3. The van der Waals surface area contributed by atoms with Crippen molar-refractivity contribution in [3.05, 3.63) is 29.8 Å². The predicted molar refractivity (Wildman–Crippen MR) is 130 cm³/mol. The number of rotatable bonds is 19. The van der Waals surface area contributed by atoms with E-state index in [1.54, 1.807) is 19.2 Å². The Bertz CT molecular complexity index is 720. The van der Waals surface area contributed by atoms with Crippen molar-refractivity contribution in [2.45, 2.75) is 103 Å². The molecule has 0 aliphatic rings. The van der Waals surface area contributed by atoms with E-state index in [4.69, 9.17) is 14.6 Å². The molecule has 34 heavy (non-hydrogen) atoms. The Hall–Kier alpha value is -2.77. The lowest BCUT2D eigenvalue weighted by atomic mass is 10.0. The summed E-state index contributed by atoms with van der Waals surface area (Å²) in [5.41, 5.74) is 0.796. The molecular formula is C26H41NO7. The van der Waals surface area contributed by atoms with Crippen molar-refractivity contribution in [3.8, 4) is 5.75 Å². The molecule has 0 radical (unpaired) electrons. The molecule has 0 bridgehead atoms. The molecule has 8 nitrogen and oxygen atoms in total. The van der Waals surface area contributed by atoms with Crippen LogP contribution in [0.5, 0.6) is 5.75 Å². The van der Waals surface area contributed by atoms with Crippen LogP contribution in [0.15, 0.2) is 24.3 Å². The van der Waals surface area contributed by atoms with Crippen LogP contribution >= 0.6 is 0 Å². The van der Waals surface area contributed by atoms with Crippen molar-refractivity contribution in [3.63, 3.8) is 0 Å². The maximum Gasteiger partial charge on any atom is 0.408 e. The molecule has 0 spiro atoms. The molecule has 0 heterocycles. The Morgan fingerprint density at radius 2 is 1.41 bits per heavy atom. The molecule has 3 N–H and O–H groups in total. The van der Waals surface area contributed by atoms with Gasteiger partial charge in [-0.25, -0.2) is 9.59 Å². The van der Waals surface area contributed by atoms with Gasteiger partial charge in [0.2, 0.25) is 0 Å². The van der Waals surface area contributed by atoms with Crippen LogP contribution < -0.4 is 10.1 Å². The standard InChI is InChI=1S/C26H41NO7/c1-3-4-5-6-7-8-9-10-11-12-13-23(20-14-16-21(33-2)17-15-20)34-26(32)27-22(25(30)31)18-19-24(28)29/h14-17,22-23H,3-13,18-19H2,1-2H3,(H,27,32)(H,28,29)(H,30,31)/t22-,23?/m0/s1. The van der Waals surface area contributed by atoms with Gasteiger partial charge >= 0.3 is 18.0 Å². The van der Waals surface area contributed by atoms with Crippen molar-refractivity contribution < 1.29 is 34.1 Å². The normalized spacial score (nSPS) is 12.5. The van der Waals surface area contributed by atoms with Gasteiger partial charge in [-0.05, 0) is 37.0 Å². The number of benzene rings is 1. The molecule has 0 aliphatic heterocycles. The van der Waals surface area contributed by atoms with E-state index in [1.807, 2.05) is 12.1 Å². The fraction of sp³-hybridized carbons (Fsp3) is 0.654. The van der Waals surface area contributed by atoms with Gasteiger partial charge in [-0.3, -0.25) is 4.79 Å². The van der Waals surface area contributed by atoms with Gasteiger partial charge in [0, 0.05) is 6.42 Å². The molecular weight excluding hydrogens is 438 g/mol. The summed E-state index contributed by atoms with van der Waals surface area (Å²) in [5.74, 6) is -1.74. The molecule has 1 unspecified atom stereocenters. The van der Waals surface area contributed by atoms with Crippen LogP contribution in [0.4, 0.5) is 4.79 Å². The van der Waals surface area contributed by atoms with Gasteiger partial charge in [-0.2, -0.15) is 0 Å². The molecule has 1 rings (SSSR count). The zero-order valence-electron chi connectivity index (χ0n) is 20.6. The highest BCUT2D eigenvalue weighted by Crippen LogP contribution is 2.26. The largest absolute Gasteiger partial charge is 0.497 e. The first-order valence-corrected chi connectivity index (χ1v) is 12.4. The Morgan fingerprint density at radius 1 is 0.853 bits per heavy atom. The zero-order chi connectivity index (χ0) is 25.2. The van der Waals surface area contributed by atoms with Crippen LogP contribution in [0, 0.1) is 0 Å². The predicted octanol–water partition coefficient (Wildman–Crippen LogP) is 6.09. The molecule has 0 saturated carbocycles. The number of amides is 1. The molecule has 1 amide bonds. The Balaban J connectivity index is 2.57. The number of hydrogen-bond donors (Lipinski definition) is 3. The quantitative estimate of drug-likeness (QED) is 0.205. The van der Waals surface area contributed by atoms with E-state index in [0.717, 1.165) is 24.8 Å². The number of carboxylic acids is 2. The van der Waals surface area contributed by atoms with Crippen LogP contribution in [0.3, 0.4) is 0 Å². The van der Waals surface area contributed by atoms with Gasteiger partial charge in [-0.15, -0.1) is 0 Å². The third-order valence-electron chi connectivity index (χ3n) is 5.79. The van der Waals surface area contributed by atoms with E-state index < -0.39 is 30.2 Å². The maximum absolute atomic E-state index is 12.4. The second kappa shape index (κ2) is 17.7. The van der Waals surface area contributed by atoms with Gasteiger partial charge in [0.25, 0.3) is 0 Å². The number of carbonyl (C=O) groups is 3. The minimum atomic E-state index is -1.32. The highest BCUT2D eigenvalue weighted by Gasteiger charge is 2.24. The number of alkyl carbamates (subject to hydrolysis) is 1. The fourth-order valence-corrected chi connectivity index (χ4v) is 3.76. The van der Waals surface area contributed by atoms with Crippen LogP contribution in [0.25, 0.3) is 0 Å². The monoisotopic (exact) mass is 479 g/mol. The van der Waals surface area contributed by atoms with Crippen molar-refractivity contribution in [1.82, 2.24) is 5.32 Å². The van der Waals surface area contributed by atoms with E-state index in [9.17, 15) is 19.5 Å². The van der Waals surface area contributed by atoms with E-state index >= 15 is 0 Å². The van der Waals surface area contributed by atoms with Crippen LogP contribution in [0.1, 0.15) is 102 Å². The number of aliphatic carboxylic acids is 2. The van der Waals surface area contributed by atoms with Crippen LogP contribution in [-0.2, 0) is 14.3 Å². The molecule has 8 heteroatoms. The molecule has 0 fully saturated rings. The van der Waals surface area contributed by atoms with Gasteiger partial charge in [0.05, 0.1) is 7.11 Å². The van der Waals surface area contributed by atoms with E-state index in [1.165, 1.54) is 44.9 Å². The number of nitrogens with one attached hydrogen (secondary N) is 1. The number of carboxylic acid groups (broad SMARTS) is 2. The lowest BCUT2D eigenvalue weighted by Crippen LogP contribution is -2.41. The van der Waals surface area contributed by atoms with Crippen molar-refractivity contribution in [1.29, 1.82) is 0 Å². The second-order valence-corrected chi connectivity index (χ2v) is 8.61. The first-order chi connectivity index (χ1) is 16.4. The van der Waals surface area contributed by atoms with Crippen molar-refractivity contribution in [2.24, 2.45) is 0 Å². The maximum atomic E-state index is 12.4. The molecule has 1 aromatic carbocycles. The number of hydrogen-bond acceptors (Lipinski definition) is 5. The van der Waals surface area contributed by atoms with Gasteiger partial charge in [0.15, 0.2) is 0 Å². The highest BCUT2D eigenvalue weighted by molar-refractivity contribution is 5.80. The zero-order valence-corrected chi connectivity index (χ0v) is 20.6. The Kier molecular flexibility index (Phi) is 15.2. The molecule has 2 atom stereocenters. The highest BCUT2D eigenvalue weighted by atomic mass is 16.6. The Labute approximate surface area is 203 Å². The average molecular weight is 480 g/mol. The number of ether oxygens (including phenoxy) is 2. The van der Waals surface area contributed by atoms with Gasteiger partial charge in [-0.1, -0.05) is 76.8 Å². The summed E-state index contributed by atoms with van der Waals surface area (Å²) in [6, 6.07) is 5.90. The van der Waals surface area contributed by atoms with Crippen LogP contribution in [0.2, 0.25) is 0 Å². The summed E-state index contributed by atoms with van der Waals surface area (Å²) in [7, 11) is 1.57. The molecule has 0 saturated heterocycles. The first-order valence-electron chi connectivity index (χ1n) is 12.4. The van der Waals surface area contributed by atoms with Crippen molar-refractivity contribution >= 4 is 18.0 Å². The summed E-state index contributed by atoms with van der Waals surface area (Å²) in [6.07, 6.45) is 10.6. The van der Waals surface area contributed by atoms with Crippen molar-refractivity contribution in [2.75, 3.05) is 7.11 Å². The molecule has 192 valence electrons. The number of carbonyl (C=O) groups excluding carboxylic acids is 1. The first kappa shape index (κ1) is 29.3. The van der Waals surface area contributed by atoms with Gasteiger partial charge < -0.3 is 25.0 Å². The summed E-state index contributed by atoms with van der Waals surface area (Å²) in [4.78, 5) is 34.5. The van der Waals surface area contributed by atoms with Crippen LogP contribution in [-0.4, -0.2) is 41.4 Å². The van der Waals surface area contributed by atoms with Gasteiger partial charge in [0.1, 0.15) is 17.9 Å². The summed E-state index contributed by atoms with van der Waals surface area (Å²) in [6.45, 7) is 2.22. The lowest BCUT2D eigenvalue weighted by molar-refractivity contribution is -0.140. The second-order valence-electron chi connectivity index (χ2n) is 8.61. The average Bonchev–Trinajstić information content (AvgIpc) is 2.81.